The fourth-order valence-electron chi connectivity index (χ4n) is 1.43. The summed E-state index contributed by atoms with van der Waals surface area (Å²) in [5, 5.41) is 3.33. The molecule has 1 fully saturated rings. The first-order valence-corrected chi connectivity index (χ1v) is 4.86. The molecule has 0 amide bonds. The van der Waals surface area contributed by atoms with Crippen LogP contribution in [0.2, 0.25) is 0 Å². The average molecular weight is 169 g/mol. The highest BCUT2D eigenvalue weighted by molar-refractivity contribution is 4.96. The van der Waals surface area contributed by atoms with Gasteiger partial charge in [0.2, 0.25) is 0 Å². The quantitative estimate of drug-likeness (QED) is 0.647. The van der Waals surface area contributed by atoms with Crippen LogP contribution in [-0.4, -0.2) is 25.3 Å². The molecule has 12 heavy (non-hydrogen) atoms. The van der Waals surface area contributed by atoms with E-state index in [2.05, 4.69) is 31.3 Å². The lowest BCUT2D eigenvalue weighted by Gasteiger charge is -2.07. The lowest BCUT2D eigenvalue weighted by atomic mass is 10.2. The first-order valence-electron chi connectivity index (χ1n) is 4.86. The van der Waals surface area contributed by atoms with Crippen molar-refractivity contribution in [1.82, 2.24) is 5.32 Å². The Hall–Kier alpha value is -0.340. The zero-order chi connectivity index (χ0) is 8.81. The van der Waals surface area contributed by atoms with Crippen molar-refractivity contribution >= 4 is 0 Å². The Morgan fingerprint density at radius 2 is 2.50 bits per heavy atom. The van der Waals surface area contributed by atoms with E-state index in [1.165, 1.54) is 12.8 Å². The molecule has 1 aliphatic heterocycles. The van der Waals surface area contributed by atoms with Crippen LogP contribution < -0.4 is 5.32 Å². The Bertz CT molecular complexity index is 139. The largest absolute Gasteiger partial charge is 0.374 e. The van der Waals surface area contributed by atoms with E-state index in [-0.39, 0.29) is 0 Å². The molecular weight excluding hydrogens is 150 g/mol. The van der Waals surface area contributed by atoms with Gasteiger partial charge in [-0.3, -0.25) is 0 Å². The summed E-state index contributed by atoms with van der Waals surface area (Å²) in [4.78, 5) is 0. The summed E-state index contributed by atoms with van der Waals surface area (Å²) in [6.07, 6.45) is 7.16. The second-order valence-corrected chi connectivity index (χ2v) is 3.28. The number of rotatable bonds is 4. The van der Waals surface area contributed by atoms with Gasteiger partial charge in [-0.1, -0.05) is 19.1 Å². The third-order valence-electron chi connectivity index (χ3n) is 2.11. The predicted molar refractivity (Wildman–Crippen MR) is 51.3 cm³/mol. The van der Waals surface area contributed by atoms with E-state index in [1.54, 1.807) is 0 Å². The van der Waals surface area contributed by atoms with Gasteiger partial charge in [0.1, 0.15) is 0 Å². The van der Waals surface area contributed by atoms with Crippen LogP contribution in [0.1, 0.15) is 26.7 Å². The first-order chi connectivity index (χ1) is 5.83. The van der Waals surface area contributed by atoms with Crippen molar-refractivity contribution in [1.29, 1.82) is 0 Å². The highest BCUT2D eigenvalue weighted by Crippen LogP contribution is 2.12. The van der Waals surface area contributed by atoms with E-state index in [0.29, 0.717) is 12.1 Å². The van der Waals surface area contributed by atoms with Gasteiger partial charge in [0.05, 0.1) is 6.10 Å². The standard InChI is InChI=1S/C10H19NO/c1-3-11-9(2)6-7-10-5-4-8-12-10/h6-7,9-11H,3-5,8H2,1-2H3/b7-6+. The van der Waals surface area contributed by atoms with E-state index in [9.17, 15) is 0 Å². The number of hydrogen-bond donors (Lipinski definition) is 1. The molecule has 0 aromatic heterocycles. The van der Waals surface area contributed by atoms with Crippen molar-refractivity contribution in [3.63, 3.8) is 0 Å². The SMILES string of the molecule is CCNC(C)/C=C/C1CCCO1. The molecule has 1 saturated heterocycles. The smallest absolute Gasteiger partial charge is 0.0757 e. The minimum atomic E-state index is 0.381. The van der Waals surface area contributed by atoms with Gasteiger partial charge < -0.3 is 10.1 Å². The summed E-state index contributed by atoms with van der Waals surface area (Å²) in [7, 11) is 0. The van der Waals surface area contributed by atoms with Crippen LogP contribution >= 0.6 is 0 Å². The van der Waals surface area contributed by atoms with E-state index in [4.69, 9.17) is 4.74 Å². The summed E-state index contributed by atoms with van der Waals surface area (Å²) in [6.45, 7) is 6.24. The van der Waals surface area contributed by atoms with E-state index in [0.717, 1.165) is 13.2 Å². The Balaban J connectivity index is 2.18. The van der Waals surface area contributed by atoms with Gasteiger partial charge >= 0.3 is 0 Å². The molecule has 1 N–H and O–H groups in total. The number of ether oxygens (including phenoxy) is 1. The highest BCUT2D eigenvalue weighted by atomic mass is 16.5. The van der Waals surface area contributed by atoms with Gasteiger partial charge in [0, 0.05) is 12.6 Å². The topological polar surface area (TPSA) is 21.3 Å². The molecule has 0 saturated carbocycles. The van der Waals surface area contributed by atoms with Crippen LogP contribution in [-0.2, 0) is 4.74 Å². The minimum absolute atomic E-state index is 0.381. The maximum absolute atomic E-state index is 5.47. The summed E-state index contributed by atoms with van der Waals surface area (Å²) in [5.41, 5.74) is 0. The fourth-order valence-corrected chi connectivity index (χ4v) is 1.43. The molecule has 0 radical (unpaired) electrons. The molecule has 70 valence electrons. The van der Waals surface area contributed by atoms with Crippen LogP contribution in [0.15, 0.2) is 12.2 Å². The van der Waals surface area contributed by atoms with Crippen molar-refractivity contribution in [2.75, 3.05) is 13.2 Å². The average Bonchev–Trinajstić information content (AvgIpc) is 2.53. The summed E-state index contributed by atoms with van der Waals surface area (Å²) >= 11 is 0. The molecule has 0 spiro atoms. The third kappa shape index (κ3) is 3.37. The zero-order valence-electron chi connectivity index (χ0n) is 8.05. The monoisotopic (exact) mass is 169 g/mol. The molecule has 2 atom stereocenters. The van der Waals surface area contributed by atoms with Crippen LogP contribution in [0.4, 0.5) is 0 Å². The number of nitrogens with one attached hydrogen (secondary N) is 1. The maximum atomic E-state index is 5.47. The summed E-state index contributed by atoms with van der Waals surface area (Å²) < 4.78 is 5.47. The molecule has 2 heteroatoms. The van der Waals surface area contributed by atoms with Crippen molar-refractivity contribution in [3.8, 4) is 0 Å². The fraction of sp³-hybridized carbons (Fsp3) is 0.800. The van der Waals surface area contributed by atoms with Crippen molar-refractivity contribution in [3.05, 3.63) is 12.2 Å². The Morgan fingerprint density at radius 1 is 1.67 bits per heavy atom. The zero-order valence-corrected chi connectivity index (χ0v) is 8.05. The molecular formula is C10H19NO. The molecule has 1 rings (SSSR count). The van der Waals surface area contributed by atoms with Crippen LogP contribution in [0.25, 0.3) is 0 Å². The molecule has 2 nitrogen and oxygen atoms in total. The van der Waals surface area contributed by atoms with E-state index in [1.807, 2.05) is 0 Å². The molecule has 0 aromatic carbocycles. The van der Waals surface area contributed by atoms with Crippen LogP contribution in [0, 0.1) is 0 Å². The van der Waals surface area contributed by atoms with Crippen molar-refractivity contribution in [2.45, 2.75) is 38.8 Å². The van der Waals surface area contributed by atoms with Gasteiger partial charge in [-0.2, -0.15) is 0 Å². The normalized spacial score (nSPS) is 26.7. The Kier molecular flexibility index (Phi) is 4.33. The van der Waals surface area contributed by atoms with Crippen molar-refractivity contribution in [2.24, 2.45) is 0 Å². The number of likely N-dealkylation sites (N-methyl/N-ethyl adjacent to an activating group) is 1. The molecule has 1 aliphatic rings. The Morgan fingerprint density at radius 3 is 3.08 bits per heavy atom. The number of hydrogen-bond acceptors (Lipinski definition) is 2. The van der Waals surface area contributed by atoms with Crippen molar-refractivity contribution < 1.29 is 4.74 Å². The van der Waals surface area contributed by atoms with E-state index < -0.39 is 0 Å². The maximum Gasteiger partial charge on any atom is 0.0757 e. The van der Waals surface area contributed by atoms with Gasteiger partial charge in [-0.05, 0) is 26.3 Å². The molecule has 0 aliphatic carbocycles. The minimum Gasteiger partial charge on any atom is -0.374 e. The van der Waals surface area contributed by atoms with E-state index >= 15 is 0 Å². The van der Waals surface area contributed by atoms with Gasteiger partial charge in [-0.15, -0.1) is 0 Å². The lowest BCUT2D eigenvalue weighted by Crippen LogP contribution is -2.23. The Labute approximate surface area is 75.0 Å². The third-order valence-corrected chi connectivity index (χ3v) is 2.11. The second kappa shape index (κ2) is 5.33. The summed E-state index contributed by atoms with van der Waals surface area (Å²) in [6, 6.07) is 0.471. The van der Waals surface area contributed by atoms with Gasteiger partial charge in [0.15, 0.2) is 0 Å². The van der Waals surface area contributed by atoms with Crippen LogP contribution in [0.3, 0.4) is 0 Å². The molecule has 1 heterocycles. The predicted octanol–water partition coefficient (Wildman–Crippen LogP) is 1.72. The van der Waals surface area contributed by atoms with Crippen LogP contribution in [0.5, 0.6) is 0 Å². The molecule has 0 aromatic rings. The highest BCUT2D eigenvalue weighted by Gasteiger charge is 2.11. The lowest BCUT2D eigenvalue weighted by molar-refractivity contribution is 0.145. The first kappa shape index (κ1) is 9.75. The van der Waals surface area contributed by atoms with Gasteiger partial charge in [-0.25, -0.2) is 0 Å². The van der Waals surface area contributed by atoms with Gasteiger partial charge in [0.25, 0.3) is 0 Å². The summed E-state index contributed by atoms with van der Waals surface area (Å²) in [5.74, 6) is 0. The molecule has 2 unspecified atom stereocenters. The second-order valence-electron chi connectivity index (χ2n) is 3.28. The molecule has 0 bridgehead atoms.